The molecular weight excluding hydrogens is 220 g/mol. The van der Waals surface area contributed by atoms with E-state index in [1.54, 1.807) is 0 Å². The van der Waals surface area contributed by atoms with E-state index in [4.69, 9.17) is 10.2 Å². The maximum absolute atomic E-state index is 11.0. The first-order valence-electron chi connectivity index (χ1n) is 5.55. The van der Waals surface area contributed by atoms with Gasteiger partial charge in [0, 0.05) is 0 Å². The lowest BCUT2D eigenvalue weighted by Gasteiger charge is -2.19. The normalized spacial score (nSPS) is 12.4. The van der Waals surface area contributed by atoms with E-state index in [1.807, 2.05) is 37.3 Å². The Labute approximate surface area is 99.9 Å². The number of benzene rings is 1. The molecule has 0 heterocycles. The van der Waals surface area contributed by atoms with E-state index in [2.05, 4.69) is 0 Å². The highest BCUT2D eigenvalue weighted by Crippen LogP contribution is 2.22. The first-order chi connectivity index (χ1) is 8.06. The predicted octanol–water partition coefficient (Wildman–Crippen LogP) is 2.04. The van der Waals surface area contributed by atoms with Crippen LogP contribution in [0.4, 0.5) is 0 Å². The molecule has 0 aliphatic carbocycles. The monoisotopic (exact) mass is 236 g/mol. The molecule has 2 N–H and O–H groups in total. The molecule has 0 bridgehead atoms. The van der Waals surface area contributed by atoms with Crippen molar-refractivity contribution in [2.45, 2.75) is 19.8 Å². The van der Waals surface area contributed by atoms with E-state index in [1.165, 1.54) is 0 Å². The van der Waals surface area contributed by atoms with Crippen LogP contribution in [0.15, 0.2) is 30.3 Å². The van der Waals surface area contributed by atoms with Gasteiger partial charge in [-0.05, 0) is 17.9 Å². The highest BCUT2D eigenvalue weighted by molar-refractivity contribution is 5.93. The zero-order chi connectivity index (χ0) is 12.8. The molecule has 0 saturated heterocycles. The Morgan fingerprint density at radius 2 is 1.65 bits per heavy atom. The first-order valence-corrected chi connectivity index (χ1v) is 5.55. The number of carboxylic acid groups (broad SMARTS) is 2. The summed E-state index contributed by atoms with van der Waals surface area (Å²) in [4.78, 5) is 21.9. The third-order valence-electron chi connectivity index (χ3n) is 2.87. The lowest BCUT2D eigenvalue weighted by molar-refractivity contribution is -0.157. The van der Waals surface area contributed by atoms with Crippen molar-refractivity contribution in [1.82, 2.24) is 0 Å². The van der Waals surface area contributed by atoms with E-state index < -0.39 is 17.9 Å². The van der Waals surface area contributed by atoms with Crippen molar-refractivity contribution in [2.75, 3.05) is 0 Å². The summed E-state index contributed by atoms with van der Waals surface area (Å²) >= 11 is 0. The van der Waals surface area contributed by atoms with Gasteiger partial charge in [-0.25, -0.2) is 0 Å². The maximum Gasteiger partial charge on any atom is 0.318 e. The second kappa shape index (κ2) is 6.03. The molecule has 1 atom stereocenters. The van der Waals surface area contributed by atoms with Gasteiger partial charge in [-0.15, -0.1) is 0 Å². The van der Waals surface area contributed by atoms with Gasteiger partial charge >= 0.3 is 11.9 Å². The Kier molecular flexibility index (Phi) is 4.69. The van der Waals surface area contributed by atoms with Crippen molar-refractivity contribution in [1.29, 1.82) is 0 Å². The first kappa shape index (κ1) is 13.2. The van der Waals surface area contributed by atoms with Crippen LogP contribution in [0.1, 0.15) is 18.9 Å². The third kappa shape index (κ3) is 3.59. The summed E-state index contributed by atoms with van der Waals surface area (Å²) in [5.41, 5.74) is 0.965. The topological polar surface area (TPSA) is 74.6 Å². The molecule has 1 aromatic carbocycles. The summed E-state index contributed by atoms with van der Waals surface area (Å²) in [6.45, 7) is 1.81. The quantitative estimate of drug-likeness (QED) is 0.741. The number of hydrogen-bond donors (Lipinski definition) is 2. The Bertz CT molecular complexity index is 372. The molecule has 0 aromatic heterocycles. The molecule has 0 fully saturated rings. The molecule has 1 rings (SSSR count). The molecule has 4 heteroatoms. The third-order valence-corrected chi connectivity index (χ3v) is 2.87. The smallest absolute Gasteiger partial charge is 0.318 e. The second-order valence-electron chi connectivity index (χ2n) is 4.01. The van der Waals surface area contributed by atoms with Crippen LogP contribution in [0, 0.1) is 11.8 Å². The van der Waals surface area contributed by atoms with Crippen molar-refractivity contribution >= 4 is 11.9 Å². The average molecular weight is 236 g/mol. The van der Waals surface area contributed by atoms with Crippen LogP contribution in [0.25, 0.3) is 0 Å². The van der Waals surface area contributed by atoms with Crippen molar-refractivity contribution in [2.24, 2.45) is 11.8 Å². The molecule has 0 aliphatic rings. The van der Waals surface area contributed by atoms with Gasteiger partial charge in [0.05, 0.1) is 0 Å². The Morgan fingerprint density at radius 1 is 1.12 bits per heavy atom. The van der Waals surface area contributed by atoms with E-state index >= 15 is 0 Å². The van der Waals surface area contributed by atoms with Crippen LogP contribution in [0.2, 0.25) is 0 Å². The van der Waals surface area contributed by atoms with Crippen molar-refractivity contribution < 1.29 is 19.8 Å². The summed E-state index contributed by atoms with van der Waals surface area (Å²) in [5, 5.41) is 17.9. The van der Waals surface area contributed by atoms with Crippen molar-refractivity contribution in [3.05, 3.63) is 35.9 Å². The van der Waals surface area contributed by atoms with Crippen molar-refractivity contribution in [3.8, 4) is 0 Å². The number of aliphatic carboxylic acids is 2. The number of hydrogen-bond acceptors (Lipinski definition) is 2. The minimum absolute atomic E-state index is 0.382. The molecule has 17 heavy (non-hydrogen) atoms. The minimum Gasteiger partial charge on any atom is -0.481 e. The van der Waals surface area contributed by atoms with E-state index in [0.717, 1.165) is 5.56 Å². The Balaban J connectivity index is 2.83. The van der Waals surface area contributed by atoms with Crippen LogP contribution >= 0.6 is 0 Å². The summed E-state index contributed by atoms with van der Waals surface area (Å²) < 4.78 is 0. The molecule has 0 radical (unpaired) electrons. The lowest BCUT2D eigenvalue weighted by Crippen LogP contribution is -2.32. The Morgan fingerprint density at radius 3 is 2.06 bits per heavy atom. The van der Waals surface area contributed by atoms with Gasteiger partial charge in [-0.1, -0.05) is 43.7 Å². The van der Waals surface area contributed by atoms with Gasteiger partial charge in [-0.2, -0.15) is 0 Å². The van der Waals surface area contributed by atoms with Gasteiger partial charge in [-0.3, -0.25) is 9.59 Å². The van der Waals surface area contributed by atoms with Gasteiger partial charge in [0.25, 0.3) is 0 Å². The predicted molar refractivity (Wildman–Crippen MR) is 62.7 cm³/mol. The second-order valence-corrected chi connectivity index (χ2v) is 4.01. The highest BCUT2D eigenvalue weighted by Gasteiger charge is 2.33. The SMILES string of the molecule is CCC(Cc1ccccc1)C(C(=O)O)C(=O)O. The van der Waals surface area contributed by atoms with Gasteiger partial charge in [0.2, 0.25) is 0 Å². The molecule has 0 aliphatic heterocycles. The van der Waals surface area contributed by atoms with Crippen LogP contribution in [0.3, 0.4) is 0 Å². The van der Waals surface area contributed by atoms with Crippen LogP contribution < -0.4 is 0 Å². The summed E-state index contributed by atoms with van der Waals surface area (Å²) in [5.74, 6) is -4.24. The minimum atomic E-state index is -1.33. The molecule has 4 nitrogen and oxygen atoms in total. The van der Waals surface area contributed by atoms with Crippen LogP contribution in [-0.4, -0.2) is 22.2 Å². The number of rotatable bonds is 6. The van der Waals surface area contributed by atoms with Crippen LogP contribution in [-0.2, 0) is 16.0 Å². The molecule has 0 amide bonds. The summed E-state index contributed by atoms with van der Waals surface area (Å²) in [6, 6.07) is 9.35. The number of carbonyl (C=O) groups is 2. The summed E-state index contributed by atoms with van der Waals surface area (Å²) in [6.07, 6.45) is 0.999. The van der Waals surface area contributed by atoms with Gasteiger partial charge in [0.1, 0.15) is 0 Å². The van der Waals surface area contributed by atoms with E-state index in [-0.39, 0.29) is 5.92 Å². The average Bonchev–Trinajstić information content (AvgIpc) is 2.28. The molecule has 1 aromatic rings. The molecule has 0 spiro atoms. The number of carboxylic acids is 2. The lowest BCUT2D eigenvalue weighted by atomic mass is 9.85. The fraction of sp³-hybridized carbons (Fsp3) is 0.385. The van der Waals surface area contributed by atoms with Crippen LogP contribution in [0.5, 0.6) is 0 Å². The molecule has 1 unspecified atom stereocenters. The molecule has 0 saturated carbocycles. The zero-order valence-corrected chi connectivity index (χ0v) is 9.67. The fourth-order valence-corrected chi connectivity index (χ4v) is 1.92. The largest absolute Gasteiger partial charge is 0.481 e. The standard InChI is InChI=1S/C13H16O4/c1-2-10(11(12(14)15)13(16)17)8-9-6-4-3-5-7-9/h3-7,10-11H,2,8H2,1H3,(H,14,15)(H,16,17). The zero-order valence-electron chi connectivity index (χ0n) is 9.67. The highest BCUT2D eigenvalue weighted by atomic mass is 16.4. The molecule has 92 valence electrons. The van der Waals surface area contributed by atoms with Gasteiger partial charge < -0.3 is 10.2 Å². The fourth-order valence-electron chi connectivity index (χ4n) is 1.92. The summed E-state index contributed by atoms with van der Waals surface area (Å²) in [7, 11) is 0. The van der Waals surface area contributed by atoms with E-state index in [0.29, 0.717) is 12.8 Å². The van der Waals surface area contributed by atoms with E-state index in [9.17, 15) is 9.59 Å². The van der Waals surface area contributed by atoms with Gasteiger partial charge in [0.15, 0.2) is 5.92 Å². The Hall–Kier alpha value is -1.84. The maximum atomic E-state index is 11.0. The molecular formula is C13H16O4. The van der Waals surface area contributed by atoms with Crippen molar-refractivity contribution in [3.63, 3.8) is 0 Å².